The van der Waals surface area contributed by atoms with Gasteiger partial charge in [0.2, 0.25) is 0 Å². The molecular weight excluding hydrogens is 239 g/mol. The third-order valence-corrected chi connectivity index (χ3v) is 3.90. The number of nitrogens with two attached hydrogens (primary N) is 1. The van der Waals surface area contributed by atoms with Crippen molar-refractivity contribution in [3.05, 3.63) is 0 Å². The van der Waals surface area contributed by atoms with Crippen LogP contribution in [0.1, 0.15) is 19.3 Å². The summed E-state index contributed by atoms with van der Waals surface area (Å²) in [5.41, 5.74) is 6.49. The van der Waals surface area contributed by atoms with Crippen LogP contribution < -0.4 is 5.73 Å². The average Bonchev–Trinajstić information content (AvgIpc) is 2.31. The first-order chi connectivity index (χ1) is 4.73. The van der Waals surface area contributed by atoms with Crippen molar-refractivity contribution in [3.8, 4) is 0 Å². The molecule has 1 heterocycles. The molecule has 1 aliphatic carbocycles. The van der Waals surface area contributed by atoms with Crippen LogP contribution in [0.4, 0.5) is 0 Å². The first kappa shape index (κ1) is 7.31. The molecule has 1 saturated carbocycles. The van der Waals surface area contributed by atoms with E-state index in [1.54, 1.807) is 0 Å². The van der Waals surface area contributed by atoms with Crippen molar-refractivity contribution in [2.75, 3.05) is 13.1 Å². The van der Waals surface area contributed by atoms with Gasteiger partial charge in [0.15, 0.2) is 0 Å². The third-order valence-electron chi connectivity index (χ3n) is 3.08. The lowest BCUT2D eigenvalue weighted by molar-refractivity contribution is 0.114. The maximum absolute atomic E-state index is 5.95. The van der Waals surface area contributed by atoms with Gasteiger partial charge in [0, 0.05) is 47.4 Å². The van der Waals surface area contributed by atoms with E-state index < -0.39 is 0 Å². The summed E-state index contributed by atoms with van der Waals surface area (Å²) in [7, 11) is 0. The van der Waals surface area contributed by atoms with Gasteiger partial charge in [-0.15, -0.1) is 0 Å². The van der Waals surface area contributed by atoms with Crippen molar-refractivity contribution in [1.82, 2.24) is 3.11 Å². The van der Waals surface area contributed by atoms with Gasteiger partial charge in [0.25, 0.3) is 0 Å². The topological polar surface area (TPSA) is 29.3 Å². The van der Waals surface area contributed by atoms with Crippen LogP contribution in [-0.4, -0.2) is 22.2 Å². The molecule has 2 nitrogen and oxygen atoms in total. The van der Waals surface area contributed by atoms with E-state index in [1.807, 2.05) is 0 Å². The second kappa shape index (κ2) is 2.32. The second-order valence-electron chi connectivity index (χ2n) is 3.60. The van der Waals surface area contributed by atoms with Crippen LogP contribution in [0.5, 0.6) is 0 Å². The fourth-order valence-electron chi connectivity index (χ4n) is 2.07. The monoisotopic (exact) mass is 252 g/mol. The molecule has 1 spiro atoms. The summed E-state index contributed by atoms with van der Waals surface area (Å²) in [5.74, 6) is 0. The van der Waals surface area contributed by atoms with Gasteiger partial charge in [0.05, 0.1) is 0 Å². The Labute approximate surface area is 75.6 Å². The van der Waals surface area contributed by atoms with Gasteiger partial charge in [0.1, 0.15) is 0 Å². The highest BCUT2D eigenvalue weighted by Gasteiger charge is 2.48. The molecule has 2 rings (SSSR count). The van der Waals surface area contributed by atoms with Gasteiger partial charge in [-0.1, -0.05) is 0 Å². The minimum absolute atomic E-state index is 0.507. The maximum atomic E-state index is 5.95. The Kier molecular flexibility index (Phi) is 1.69. The molecule has 0 radical (unpaired) electrons. The van der Waals surface area contributed by atoms with E-state index in [-0.39, 0.29) is 0 Å². The Hall–Kier alpha value is 0.650. The standard InChI is InChI=1S/C7H13IN2/c8-10-4-3-7(5-10)2-1-6(7)9/h6H,1-5,9H2/t6-,7+/m0/s1. The maximum Gasteiger partial charge on any atom is 0.0201 e. The molecular formula is C7H13IN2. The molecule has 1 saturated heterocycles. The van der Waals surface area contributed by atoms with E-state index in [9.17, 15) is 0 Å². The minimum atomic E-state index is 0.507. The summed E-state index contributed by atoms with van der Waals surface area (Å²) in [6, 6.07) is 0.507. The number of rotatable bonds is 0. The molecule has 1 aliphatic heterocycles. The highest BCUT2D eigenvalue weighted by molar-refractivity contribution is 14.1. The van der Waals surface area contributed by atoms with E-state index in [0.29, 0.717) is 11.5 Å². The van der Waals surface area contributed by atoms with Crippen LogP contribution in [0.25, 0.3) is 0 Å². The number of hydrogen-bond acceptors (Lipinski definition) is 2. The van der Waals surface area contributed by atoms with E-state index in [1.165, 1.54) is 32.4 Å². The summed E-state index contributed by atoms with van der Waals surface area (Å²) in [5, 5.41) is 0. The molecule has 3 heteroatoms. The summed E-state index contributed by atoms with van der Waals surface area (Å²) in [4.78, 5) is 0. The quantitative estimate of drug-likeness (QED) is 0.517. The lowest BCUT2D eigenvalue weighted by Crippen LogP contribution is -2.51. The second-order valence-corrected chi connectivity index (χ2v) is 4.97. The normalized spacial score (nSPS) is 48.0. The van der Waals surface area contributed by atoms with Crippen LogP contribution in [0.2, 0.25) is 0 Å². The molecule has 2 aliphatic rings. The summed E-state index contributed by atoms with van der Waals surface area (Å²) in [6.07, 6.45) is 3.95. The molecule has 0 aromatic rings. The third kappa shape index (κ3) is 0.905. The van der Waals surface area contributed by atoms with Crippen LogP contribution >= 0.6 is 22.9 Å². The van der Waals surface area contributed by atoms with Crippen molar-refractivity contribution < 1.29 is 0 Å². The molecule has 2 N–H and O–H groups in total. The number of hydrogen-bond donors (Lipinski definition) is 1. The summed E-state index contributed by atoms with van der Waals surface area (Å²) >= 11 is 2.40. The highest BCUT2D eigenvalue weighted by atomic mass is 127. The fraction of sp³-hybridized carbons (Fsp3) is 1.00. The van der Waals surface area contributed by atoms with Gasteiger partial charge in [-0.25, -0.2) is 3.11 Å². The molecule has 2 atom stereocenters. The number of nitrogens with zero attached hydrogens (tertiary/aromatic N) is 1. The predicted octanol–water partition coefficient (Wildman–Crippen LogP) is 1.15. The van der Waals surface area contributed by atoms with Gasteiger partial charge in [-0.05, 0) is 19.3 Å². The smallest absolute Gasteiger partial charge is 0.0201 e. The SMILES string of the molecule is N[C@H]1CC[C@]12CCN(I)C2. The zero-order chi connectivity index (χ0) is 7.19. The Morgan fingerprint density at radius 2 is 2.30 bits per heavy atom. The molecule has 10 heavy (non-hydrogen) atoms. The first-order valence-corrected chi connectivity index (χ1v) is 4.86. The van der Waals surface area contributed by atoms with Gasteiger partial charge in [-0.3, -0.25) is 0 Å². The zero-order valence-corrected chi connectivity index (χ0v) is 8.17. The van der Waals surface area contributed by atoms with Crippen LogP contribution in [0.3, 0.4) is 0 Å². The zero-order valence-electron chi connectivity index (χ0n) is 6.02. The van der Waals surface area contributed by atoms with Crippen molar-refractivity contribution >= 4 is 22.9 Å². The van der Waals surface area contributed by atoms with E-state index in [4.69, 9.17) is 5.73 Å². The summed E-state index contributed by atoms with van der Waals surface area (Å²) < 4.78 is 2.37. The summed E-state index contributed by atoms with van der Waals surface area (Å²) in [6.45, 7) is 2.48. The average molecular weight is 252 g/mol. The lowest BCUT2D eigenvalue weighted by atomic mass is 9.64. The fourth-order valence-corrected chi connectivity index (χ4v) is 2.99. The van der Waals surface area contributed by atoms with Crippen molar-refractivity contribution in [3.63, 3.8) is 0 Å². The van der Waals surface area contributed by atoms with Gasteiger partial charge < -0.3 is 5.73 Å². The molecule has 0 unspecified atom stereocenters. The van der Waals surface area contributed by atoms with Crippen molar-refractivity contribution in [1.29, 1.82) is 0 Å². The Balaban J connectivity index is 2.04. The molecule has 0 aromatic carbocycles. The van der Waals surface area contributed by atoms with Crippen molar-refractivity contribution in [2.45, 2.75) is 25.3 Å². The Bertz CT molecular complexity index is 151. The Morgan fingerprint density at radius 3 is 2.50 bits per heavy atom. The molecule has 0 bridgehead atoms. The predicted molar refractivity (Wildman–Crippen MR) is 49.9 cm³/mol. The lowest BCUT2D eigenvalue weighted by Gasteiger charge is -2.44. The van der Waals surface area contributed by atoms with Crippen LogP contribution in [0.15, 0.2) is 0 Å². The van der Waals surface area contributed by atoms with E-state index in [0.717, 1.165) is 0 Å². The molecule has 2 fully saturated rings. The molecule has 0 amide bonds. The van der Waals surface area contributed by atoms with Crippen LogP contribution in [0, 0.1) is 5.41 Å². The molecule has 0 aromatic heterocycles. The minimum Gasteiger partial charge on any atom is -0.327 e. The van der Waals surface area contributed by atoms with Gasteiger partial charge in [-0.2, -0.15) is 0 Å². The molecule has 58 valence electrons. The largest absolute Gasteiger partial charge is 0.327 e. The van der Waals surface area contributed by atoms with E-state index in [2.05, 4.69) is 26.0 Å². The Morgan fingerprint density at radius 1 is 1.50 bits per heavy atom. The van der Waals surface area contributed by atoms with Crippen molar-refractivity contribution in [2.24, 2.45) is 11.1 Å². The van der Waals surface area contributed by atoms with Crippen LogP contribution in [-0.2, 0) is 0 Å². The van der Waals surface area contributed by atoms with Gasteiger partial charge >= 0.3 is 0 Å². The highest BCUT2D eigenvalue weighted by Crippen LogP contribution is 2.47. The number of halogens is 1. The van der Waals surface area contributed by atoms with E-state index >= 15 is 0 Å². The first-order valence-electron chi connectivity index (χ1n) is 3.89.